The van der Waals surface area contributed by atoms with Crippen LogP contribution in [0.15, 0.2) is 0 Å². The minimum Gasteiger partial charge on any atom is -0.310 e. The van der Waals surface area contributed by atoms with Crippen molar-refractivity contribution in [3.05, 3.63) is 0 Å². The van der Waals surface area contributed by atoms with Crippen LogP contribution in [0.25, 0.3) is 0 Å². The molecule has 2 heterocycles. The highest BCUT2D eigenvalue weighted by molar-refractivity contribution is 4.91. The smallest absolute Gasteiger partial charge is 0.310 e. The van der Waals surface area contributed by atoms with E-state index >= 15 is 0 Å². The molecule has 2 saturated heterocycles. The van der Waals surface area contributed by atoms with Crippen molar-refractivity contribution in [1.82, 2.24) is 10.2 Å². The average molecular weight is 264 g/mol. The first kappa shape index (κ1) is 14.1. The molecule has 0 aromatic rings. The molecule has 0 aromatic carbocycles. The third-order valence-electron chi connectivity index (χ3n) is 4.25. The lowest BCUT2D eigenvalue weighted by molar-refractivity contribution is -0.187. The van der Waals surface area contributed by atoms with Crippen LogP contribution in [0.2, 0.25) is 0 Å². The average Bonchev–Trinajstić information content (AvgIpc) is 2.28. The number of alkyl halides is 3. The van der Waals surface area contributed by atoms with Gasteiger partial charge in [0, 0.05) is 18.6 Å². The van der Waals surface area contributed by atoms with Gasteiger partial charge < -0.3 is 10.2 Å². The van der Waals surface area contributed by atoms with Gasteiger partial charge in [0.1, 0.15) is 0 Å². The molecule has 2 aliphatic heterocycles. The predicted molar refractivity (Wildman–Crippen MR) is 65.5 cm³/mol. The van der Waals surface area contributed by atoms with Gasteiger partial charge in [0.2, 0.25) is 0 Å². The molecule has 0 aliphatic carbocycles. The number of rotatable bonds is 2. The lowest BCUT2D eigenvalue weighted by Gasteiger charge is -2.42. The normalized spacial score (nSPS) is 35.7. The Kier molecular flexibility index (Phi) is 4.22. The SMILES string of the molecule is CC1(CN2CCCC(C(F)(F)F)C2)CCCCN1. The topological polar surface area (TPSA) is 15.3 Å². The second-order valence-electron chi connectivity index (χ2n) is 6.06. The van der Waals surface area contributed by atoms with E-state index in [4.69, 9.17) is 0 Å². The van der Waals surface area contributed by atoms with E-state index in [-0.39, 0.29) is 12.1 Å². The molecule has 18 heavy (non-hydrogen) atoms. The van der Waals surface area contributed by atoms with Crippen molar-refractivity contribution in [3.8, 4) is 0 Å². The molecule has 1 N–H and O–H groups in total. The van der Waals surface area contributed by atoms with E-state index in [1.807, 2.05) is 4.90 Å². The van der Waals surface area contributed by atoms with Gasteiger partial charge in [-0.25, -0.2) is 0 Å². The molecule has 0 radical (unpaired) electrons. The van der Waals surface area contributed by atoms with Gasteiger partial charge >= 0.3 is 6.18 Å². The molecule has 106 valence electrons. The zero-order chi connectivity index (χ0) is 13.2. The van der Waals surface area contributed by atoms with E-state index in [9.17, 15) is 13.2 Å². The van der Waals surface area contributed by atoms with E-state index in [0.717, 1.165) is 26.1 Å². The number of nitrogens with zero attached hydrogens (tertiary/aromatic N) is 1. The Morgan fingerprint density at radius 2 is 2.06 bits per heavy atom. The van der Waals surface area contributed by atoms with Crippen LogP contribution in [0.4, 0.5) is 13.2 Å². The van der Waals surface area contributed by atoms with Gasteiger partial charge in [-0.2, -0.15) is 13.2 Å². The standard InChI is InChI=1S/C13H23F3N2/c1-12(6-2-3-7-17-12)10-18-8-4-5-11(9-18)13(14,15)16/h11,17H,2-10H2,1H3. The second-order valence-corrected chi connectivity index (χ2v) is 6.06. The van der Waals surface area contributed by atoms with Crippen LogP contribution in [0.3, 0.4) is 0 Å². The van der Waals surface area contributed by atoms with Gasteiger partial charge in [0.25, 0.3) is 0 Å². The molecule has 5 heteroatoms. The first-order chi connectivity index (χ1) is 8.39. The van der Waals surface area contributed by atoms with Gasteiger partial charge in [-0.1, -0.05) is 6.42 Å². The summed E-state index contributed by atoms with van der Waals surface area (Å²) in [4.78, 5) is 2.00. The van der Waals surface area contributed by atoms with E-state index < -0.39 is 12.1 Å². The summed E-state index contributed by atoms with van der Waals surface area (Å²) in [6.45, 7) is 4.88. The Labute approximate surface area is 107 Å². The summed E-state index contributed by atoms with van der Waals surface area (Å²) in [6, 6.07) is 0. The molecule has 0 amide bonds. The number of halogens is 3. The largest absolute Gasteiger partial charge is 0.393 e. The minimum atomic E-state index is -4.03. The van der Waals surface area contributed by atoms with Crippen molar-refractivity contribution >= 4 is 0 Å². The lowest BCUT2D eigenvalue weighted by Crippen LogP contribution is -2.56. The molecule has 2 nitrogen and oxygen atoms in total. The van der Waals surface area contributed by atoms with Crippen LogP contribution in [0, 0.1) is 5.92 Å². The maximum absolute atomic E-state index is 12.7. The Bertz CT molecular complexity index is 272. The van der Waals surface area contributed by atoms with Crippen LogP contribution >= 0.6 is 0 Å². The monoisotopic (exact) mass is 264 g/mol. The summed E-state index contributed by atoms with van der Waals surface area (Å²) >= 11 is 0. The number of hydrogen-bond donors (Lipinski definition) is 1. The molecule has 0 aromatic heterocycles. The highest BCUT2D eigenvalue weighted by Crippen LogP contribution is 2.34. The Hall–Kier alpha value is -0.290. The number of hydrogen-bond acceptors (Lipinski definition) is 2. The fourth-order valence-electron chi connectivity index (χ4n) is 3.21. The molecule has 0 spiro atoms. The van der Waals surface area contributed by atoms with Crippen molar-refractivity contribution in [3.63, 3.8) is 0 Å². The molecule has 2 atom stereocenters. The van der Waals surface area contributed by atoms with Gasteiger partial charge in [-0.05, 0) is 45.7 Å². The third-order valence-corrected chi connectivity index (χ3v) is 4.25. The van der Waals surface area contributed by atoms with Crippen molar-refractivity contribution in [2.75, 3.05) is 26.2 Å². The van der Waals surface area contributed by atoms with Crippen LogP contribution in [0.5, 0.6) is 0 Å². The molecular formula is C13H23F3N2. The van der Waals surface area contributed by atoms with Crippen LogP contribution in [0.1, 0.15) is 39.0 Å². The molecule has 0 saturated carbocycles. The summed E-state index contributed by atoms with van der Waals surface area (Å²) in [5, 5.41) is 3.47. The fourth-order valence-corrected chi connectivity index (χ4v) is 3.21. The maximum atomic E-state index is 12.7. The van der Waals surface area contributed by atoms with Gasteiger partial charge in [-0.15, -0.1) is 0 Å². The zero-order valence-electron chi connectivity index (χ0n) is 11.0. The van der Waals surface area contributed by atoms with Crippen molar-refractivity contribution < 1.29 is 13.2 Å². The summed E-state index contributed by atoms with van der Waals surface area (Å²) in [5.74, 6) is -1.13. The van der Waals surface area contributed by atoms with Gasteiger partial charge in [0.05, 0.1) is 5.92 Å². The first-order valence-corrected chi connectivity index (χ1v) is 6.93. The summed E-state index contributed by atoms with van der Waals surface area (Å²) in [7, 11) is 0. The Morgan fingerprint density at radius 3 is 2.67 bits per heavy atom. The highest BCUT2D eigenvalue weighted by atomic mass is 19.4. The van der Waals surface area contributed by atoms with Crippen molar-refractivity contribution in [2.24, 2.45) is 5.92 Å². The number of likely N-dealkylation sites (tertiary alicyclic amines) is 1. The minimum absolute atomic E-state index is 0.00569. The fraction of sp³-hybridized carbons (Fsp3) is 1.00. The van der Waals surface area contributed by atoms with Crippen molar-refractivity contribution in [1.29, 1.82) is 0 Å². The highest BCUT2D eigenvalue weighted by Gasteiger charge is 2.42. The predicted octanol–water partition coefficient (Wildman–Crippen LogP) is 2.79. The first-order valence-electron chi connectivity index (χ1n) is 6.93. The van der Waals surface area contributed by atoms with E-state index in [1.165, 1.54) is 12.8 Å². The summed E-state index contributed by atoms with van der Waals surface area (Å²) in [6.07, 6.45) is 0.366. The lowest BCUT2D eigenvalue weighted by atomic mass is 9.88. The maximum Gasteiger partial charge on any atom is 0.393 e. The third kappa shape index (κ3) is 3.60. The summed E-state index contributed by atoms with van der Waals surface area (Å²) < 4.78 is 38.2. The second kappa shape index (κ2) is 5.37. The molecule has 2 fully saturated rings. The van der Waals surface area contributed by atoms with Crippen molar-refractivity contribution in [2.45, 2.75) is 50.7 Å². The Balaban J connectivity index is 1.89. The van der Waals surface area contributed by atoms with E-state index in [2.05, 4.69) is 12.2 Å². The molecule has 0 bridgehead atoms. The van der Waals surface area contributed by atoms with Crippen LogP contribution in [-0.4, -0.2) is 42.8 Å². The van der Waals surface area contributed by atoms with E-state index in [1.54, 1.807) is 0 Å². The van der Waals surface area contributed by atoms with Crippen LogP contribution < -0.4 is 5.32 Å². The Morgan fingerprint density at radius 1 is 1.28 bits per heavy atom. The quantitative estimate of drug-likeness (QED) is 0.825. The molecule has 2 rings (SSSR count). The van der Waals surface area contributed by atoms with Gasteiger partial charge in [0.15, 0.2) is 0 Å². The summed E-state index contributed by atoms with van der Waals surface area (Å²) in [5.41, 5.74) is 0.00569. The number of nitrogens with one attached hydrogen (secondary N) is 1. The molecule has 2 unspecified atom stereocenters. The molecular weight excluding hydrogens is 241 g/mol. The number of piperidine rings is 2. The molecule has 2 aliphatic rings. The van der Waals surface area contributed by atoms with Crippen LogP contribution in [-0.2, 0) is 0 Å². The van der Waals surface area contributed by atoms with E-state index in [0.29, 0.717) is 12.8 Å². The zero-order valence-corrected chi connectivity index (χ0v) is 11.0. The van der Waals surface area contributed by atoms with Gasteiger partial charge in [-0.3, -0.25) is 0 Å².